The average molecular weight is 410 g/mol. The Morgan fingerprint density at radius 1 is 0.579 bits per heavy atom. The molecule has 0 amide bonds. The number of rotatable bonds is 9. The average Bonchev–Trinajstić information content (AvgIpc) is 2.42. The van der Waals surface area contributed by atoms with Crippen molar-refractivity contribution in [3.05, 3.63) is 0 Å². The Labute approximate surface area is 157 Å². The Hall–Kier alpha value is 1.33. The van der Waals surface area contributed by atoms with Gasteiger partial charge in [0.25, 0.3) is 0 Å². The van der Waals surface area contributed by atoms with Crippen LogP contribution in [-0.2, 0) is 14.2 Å². The summed E-state index contributed by atoms with van der Waals surface area (Å²) < 4.78 is 13.9. The fourth-order valence-electron chi connectivity index (χ4n) is 0.627. The molecule has 19 heavy (non-hydrogen) atoms. The van der Waals surface area contributed by atoms with Gasteiger partial charge >= 0.3 is 48.9 Å². The Morgan fingerprint density at radius 2 is 0.789 bits per heavy atom. The molecule has 0 aliphatic heterocycles. The third kappa shape index (κ3) is 54.4. The van der Waals surface area contributed by atoms with E-state index in [0.29, 0.717) is 19.8 Å². The molecule has 0 spiro atoms. The second kappa shape index (κ2) is 36.6. The van der Waals surface area contributed by atoms with Crippen LogP contribution in [0.4, 0.5) is 0 Å². The van der Waals surface area contributed by atoms with Gasteiger partial charge in [-0.3, -0.25) is 0 Å². The molecule has 0 rings (SSSR count). The van der Waals surface area contributed by atoms with Crippen molar-refractivity contribution in [1.82, 2.24) is 0 Å². The molecule has 7 heteroatoms. The molecule has 0 bridgehead atoms. The summed E-state index contributed by atoms with van der Waals surface area (Å²) in [7, 11) is 4.86. The van der Waals surface area contributed by atoms with E-state index in [1.165, 1.54) is 0 Å². The molecule has 0 saturated heterocycles. The minimum absolute atomic E-state index is 0. The van der Waals surface area contributed by atoms with Crippen molar-refractivity contribution in [1.29, 1.82) is 0 Å². The molecule has 0 aliphatic rings. The monoisotopic (exact) mass is 410 g/mol. The van der Waals surface area contributed by atoms with Crippen LogP contribution in [0.15, 0.2) is 0 Å². The summed E-state index contributed by atoms with van der Waals surface area (Å²) in [5.74, 6) is 0. The molecule has 0 fully saturated rings. The molecule has 0 saturated carbocycles. The molecule has 0 aromatic heterocycles. The van der Waals surface area contributed by atoms with Crippen molar-refractivity contribution in [2.45, 2.75) is 19.3 Å². The maximum atomic E-state index is 8.12. The summed E-state index contributed by atoms with van der Waals surface area (Å²) in [6, 6.07) is 0. The van der Waals surface area contributed by atoms with Gasteiger partial charge in [0.05, 0.1) is 0 Å². The Balaban J connectivity index is -0.0000000865. The minimum atomic E-state index is 0. The van der Waals surface area contributed by atoms with Crippen molar-refractivity contribution in [2.24, 2.45) is 0 Å². The van der Waals surface area contributed by atoms with Crippen LogP contribution in [0.2, 0.25) is 0 Å². The van der Waals surface area contributed by atoms with Gasteiger partial charge in [-0.05, 0) is 19.3 Å². The fourth-order valence-corrected chi connectivity index (χ4v) is 0.627. The summed E-state index contributed by atoms with van der Waals surface area (Å²) in [5.41, 5.74) is 0. The number of aliphatic hydroxyl groups is 3. The third-order valence-corrected chi connectivity index (χ3v) is 1.52. The summed E-state index contributed by atoms with van der Waals surface area (Å²) in [6.45, 7) is 2.68. The first-order valence-electron chi connectivity index (χ1n) is 6.04. The van der Waals surface area contributed by atoms with Gasteiger partial charge in [-0.15, -0.1) is 0 Å². The van der Waals surface area contributed by atoms with Crippen LogP contribution >= 0.6 is 0 Å². The van der Waals surface area contributed by atoms with Gasteiger partial charge in [0.2, 0.25) is 0 Å². The third-order valence-electron chi connectivity index (χ3n) is 1.52. The second-order valence-corrected chi connectivity index (χ2v) is 3.21. The molecule has 3 N–H and O–H groups in total. The molecule has 0 aliphatic carbocycles. The molecule has 0 aromatic carbocycles. The van der Waals surface area contributed by atoms with E-state index in [1.807, 2.05) is 0 Å². The standard InChI is InChI=1S/3C4H10O2.Ba.2H/c3*1-6-4-2-3-5;;;/h3*5H,2-4H2,1H3;;;. The molecule has 0 atom stereocenters. The van der Waals surface area contributed by atoms with Gasteiger partial charge in [0.15, 0.2) is 0 Å². The summed E-state index contributed by atoms with van der Waals surface area (Å²) in [5, 5.41) is 24.4. The number of hydrogen-bond acceptors (Lipinski definition) is 6. The number of hydrogen-bond donors (Lipinski definition) is 3. The predicted octanol–water partition coefficient (Wildman–Crippen LogP) is -0.871. The molecule has 0 aromatic rings. The fraction of sp³-hybridized carbons (Fsp3) is 1.00. The number of ether oxygens (including phenoxy) is 3. The van der Waals surface area contributed by atoms with E-state index >= 15 is 0 Å². The van der Waals surface area contributed by atoms with Crippen LogP contribution in [0.5, 0.6) is 0 Å². The van der Waals surface area contributed by atoms with Crippen LogP contribution in [0.3, 0.4) is 0 Å². The van der Waals surface area contributed by atoms with E-state index in [1.54, 1.807) is 21.3 Å². The summed E-state index contributed by atoms with van der Waals surface area (Å²) in [4.78, 5) is 0. The van der Waals surface area contributed by atoms with Crippen molar-refractivity contribution in [2.75, 3.05) is 61.0 Å². The zero-order valence-electron chi connectivity index (χ0n) is 11.9. The van der Waals surface area contributed by atoms with Crippen LogP contribution in [0.1, 0.15) is 19.3 Å². The van der Waals surface area contributed by atoms with Crippen LogP contribution in [0.25, 0.3) is 0 Å². The van der Waals surface area contributed by atoms with Crippen molar-refractivity contribution >= 4 is 48.9 Å². The van der Waals surface area contributed by atoms with Gasteiger partial charge < -0.3 is 29.5 Å². The molecular formula is C12H32BaO6. The molecular weight excluding hydrogens is 377 g/mol. The molecule has 0 heterocycles. The maximum absolute atomic E-state index is 8.12. The first-order chi connectivity index (χ1) is 8.74. The van der Waals surface area contributed by atoms with E-state index in [2.05, 4.69) is 14.2 Å². The van der Waals surface area contributed by atoms with Gasteiger partial charge in [0.1, 0.15) is 0 Å². The van der Waals surface area contributed by atoms with E-state index in [0.717, 1.165) is 19.3 Å². The van der Waals surface area contributed by atoms with Crippen LogP contribution in [0, 0.1) is 0 Å². The quantitative estimate of drug-likeness (QED) is 0.339. The van der Waals surface area contributed by atoms with E-state index in [4.69, 9.17) is 15.3 Å². The van der Waals surface area contributed by atoms with Crippen LogP contribution < -0.4 is 0 Å². The second-order valence-electron chi connectivity index (χ2n) is 3.21. The Kier molecular flexibility index (Phi) is 54.8. The summed E-state index contributed by atoms with van der Waals surface area (Å²) >= 11 is 0. The van der Waals surface area contributed by atoms with Gasteiger partial charge in [-0.2, -0.15) is 0 Å². The predicted molar refractivity (Wildman–Crippen MR) is 79.3 cm³/mol. The summed E-state index contributed by atoms with van der Waals surface area (Å²) in [6.07, 6.45) is 2.24. The first kappa shape index (κ1) is 28.5. The first-order valence-corrected chi connectivity index (χ1v) is 6.04. The molecule has 0 radical (unpaired) electrons. The van der Waals surface area contributed by atoms with E-state index in [9.17, 15) is 0 Å². The Bertz CT molecular complexity index is 77.2. The normalized spacial score (nSPS) is 8.53. The van der Waals surface area contributed by atoms with Crippen molar-refractivity contribution in [3.8, 4) is 0 Å². The molecule has 118 valence electrons. The SMILES string of the molecule is COCCCO.COCCCO.COCCCO.[BaH2]. The topological polar surface area (TPSA) is 88.4 Å². The zero-order chi connectivity index (χ0) is 14.5. The Morgan fingerprint density at radius 3 is 0.842 bits per heavy atom. The molecule has 0 unspecified atom stereocenters. The van der Waals surface area contributed by atoms with Gasteiger partial charge in [-0.1, -0.05) is 0 Å². The van der Waals surface area contributed by atoms with E-state index in [-0.39, 0.29) is 68.7 Å². The van der Waals surface area contributed by atoms with Gasteiger partial charge in [-0.25, -0.2) is 0 Å². The number of aliphatic hydroxyl groups excluding tert-OH is 3. The van der Waals surface area contributed by atoms with Crippen molar-refractivity contribution in [3.63, 3.8) is 0 Å². The van der Waals surface area contributed by atoms with Crippen molar-refractivity contribution < 1.29 is 29.5 Å². The molecule has 6 nitrogen and oxygen atoms in total. The van der Waals surface area contributed by atoms with Gasteiger partial charge in [0, 0.05) is 61.0 Å². The van der Waals surface area contributed by atoms with Crippen LogP contribution in [-0.4, -0.2) is 125 Å². The van der Waals surface area contributed by atoms with E-state index < -0.39 is 0 Å². The number of methoxy groups -OCH3 is 3. The zero-order valence-corrected chi connectivity index (χ0v) is 11.9.